The average molecular weight is 600 g/mol. The van der Waals surface area contributed by atoms with Gasteiger partial charge in [0.1, 0.15) is 6.04 Å². The Hall–Kier alpha value is -2.83. The summed E-state index contributed by atoms with van der Waals surface area (Å²) in [7, 11) is 1.59. The van der Waals surface area contributed by atoms with Crippen molar-refractivity contribution in [3.8, 4) is 5.75 Å². The number of thioether (sulfide) groups is 1. The van der Waals surface area contributed by atoms with Crippen LogP contribution >= 0.6 is 11.8 Å². The van der Waals surface area contributed by atoms with Crippen molar-refractivity contribution in [2.45, 2.75) is 63.0 Å². The summed E-state index contributed by atoms with van der Waals surface area (Å²) in [5, 5.41) is 16.9. The van der Waals surface area contributed by atoms with E-state index in [1.165, 1.54) is 40.9 Å². The maximum Gasteiger partial charge on any atom is 0.416 e. The SMILES string of the molecule is CSCCC1C(=O)NC(C(O)CNCc2cccc(C(F)(F)F)c2)Cc2ccc(c(F)c2)OCCCCC(=O)N1C. The van der Waals surface area contributed by atoms with E-state index in [4.69, 9.17) is 4.74 Å². The standard InChI is InChI=1S/C29H37F4N3O4S/c1-36-24(11-13-41-2)28(39)35-23(25(37)18-34-17-20-6-5-7-21(14-20)29(31,32)33)16-19-9-10-26(22(30)15-19)40-12-4-3-8-27(36)38/h5-7,9-10,14-15,23-25,34,37H,3-4,8,11-13,16-18H2,1-2H3,(H,35,39). The van der Waals surface area contributed by atoms with Crippen LogP contribution in [0.25, 0.3) is 0 Å². The molecule has 0 saturated carbocycles. The van der Waals surface area contributed by atoms with E-state index in [9.17, 15) is 32.3 Å². The van der Waals surface area contributed by atoms with Gasteiger partial charge >= 0.3 is 6.18 Å². The third-order valence-electron chi connectivity index (χ3n) is 6.98. The molecule has 41 heavy (non-hydrogen) atoms. The van der Waals surface area contributed by atoms with Gasteiger partial charge in [0.25, 0.3) is 0 Å². The Labute approximate surface area is 242 Å². The molecule has 0 fully saturated rings. The zero-order valence-corrected chi connectivity index (χ0v) is 24.0. The van der Waals surface area contributed by atoms with Crippen molar-refractivity contribution in [2.75, 3.05) is 32.2 Å². The van der Waals surface area contributed by atoms with Crippen LogP contribution in [-0.2, 0) is 28.7 Å². The van der Waals surface area contributed by atoms with Gasteiger partial charge in [0.05, 0.1) is 24.3 Å². The average Bonchev–Trinajstić information content (AvgIpc) is 2.92. The molecule has 0 radical (unpaired) electrons. The zero-order chi connectivity index (χ0) is 30.0. The molecule has 3 atom stereocenters. The molecule has 2 heterocycles. The summed E-state index contributed by atoms with van der Waals surface area (Å²) in [5.41, 5.74) is 0.116. The van der Waals surface area contributed by atoms with Crippen LogP contribution in [0.2, 0.25) is 0 Å². The molecular formula is C29H37F4N3O4S. The second kappa shape index (κ2) is 15.4. The molecule has 2 amide bonds. The first kappa shape index (κ1) is 32.7. The number of fused-ring (bicyclic) bond motifs is 13. The summed E-state index contributed by atoms with van der Waals surface area (Å²) in [6, 6.07) is 7.66. The van der Waals surface area contributed by atoms with Gasteiger partial charge in [0.15, 0.2) is 11.6 Å². The topological polar surface area (TPSA) is 90.9 Å². The van der Waals surface area contributed by atoms with Gasteiger partial charge in [-0.25, -0.2) is 4.39 Å². The van der Waals surface area contributed by atoms with Gasteiger partial charge in [-0.1, -0.05) is 24.3 Å². The van der Waals surface area contributed by atoms with Crippen LogP contribution < -0.4 is 15.4 Å². The van der Waals surface area contributed by atoms with E-state index < -0.39 is 41.7 Å². The molecular weight excluding hydrogens is 562 g/mol. The van der Waals surface area contributed by atoms with Crippen molar-refractivity contribution >= 4 is 23.6 Å². The fraction of sp³-hybridized carbons (Fsp3) is 0.517. The fourth-order valence-electron chi connectivity index (χ4n) is 4.61. The molecule has 2 aliphatic rings. The molecule has 0 aromatic heterocycles. The highest BCUT2D eigenvalue weighted by Gasteiger charge is 2.31. The van der Waals surface area contributed by atoms with Crippen molar-refractivity contribution < 1.29 is 37.0 Å². The maximum absolute atomic E-state index is 14.7. The van der Waals surface area contributed by atoms with Crippen LogP contribution in [0.15, 0.2) is 42.5 Å². The number of benzene rings is 2. The molecule has 2 aromatic rings. The highest BCUT2D eigenvalue weighted by Crippen LogP contribution is 2.29. The second-order valence-electron chi connectivity index (χ2n) is 10.1. The summed E-state index contributed by atoms with van der Waals surface area (Å²) in [6.07, 6.45) is -2.01. The number of alkyl halides is 3. The van der Waals surface area contributed by atoms with Gasteiger partial charge in [-0.15, -0.1) is 0 Å². The van der Waals surface area contributed by atoms with E-state index >= 15 is 0 Å². The minimum Gasteiger partial charge on any atom is -0.491 e. The highest BCUT2D eigenvalue weighted by atomic mass is 32.2. The normalized spacial score (nSPS) is 20.0. The van der Waals surface area contributed by atoms with Gasteiger partial charge in [0.2, 0.25) is 11.8 Å². The Balaban J connectivity index is 1.81. The molecule has 3 unspecified atom stereocenters. The minimum absolute atomic E-state index is 0.0515. The molecule has 2 bridgehead atoms. The number of ether oxygens (including phenoxy) is 1. The molecule has 12 heteroatoms. The Morgan fingerprint density at radius 1 is 1.20 bits per heavy atom. The Morgan fingerprint density at radius 3 is 2.68 bits per heavy atom. The smallest absolute Gasteiger partial charge is 0.416 e. The Morgan fingerprint density at radius 2 is 1.98 bits per heavy atom. The predicted octanol–water partition coefficient (Wildman–Crippen LogP) is 4.17. The molecule has 0 aliphatic carbocycles. The number of aliphatic hydroxyl groups is 1. The van der Waals surface area contributed by atoms with Gasteiger partial charge in [0, 0.05) is 26.6 Å². The molecule has 0 spiro atoms. The fourth-order valence-corrected chi connectivity index (χ4v) is 5.07. The van der Waals surface area contributed by atoms with Gasteiger partial charge in [-0.05, 0) is 67.0 Å². The first-order chi connectivity index (χ1) is 19.5. The van der Waals surface area contributed by atoms with Crippen LogP contribution in [0.5, 0.6) is 5.75 Å². The van der Waals surface area contributed by atoms with Crippen LogP contribution in [0.1, 0.15) is 42.4 Å². The number of carbonyl (C=O) groups excluding carboxylic acids is 2. The summed E-state index contributed by atoms with van der Waals surface area (Å²) in [5.74, 6) is -0.519. The summed E-state index contributed by atoms with van der Waals surface area (Å²) in [6.45, 7) is 0.230. The van der Waals surface area contributed by atoms with Crippen LogP contribution in [0.4, 0.5) is 17.6 Å². The third-order valence-corrected chi connectivity index (χ3v) is 7.63. The molecule has 2 aromatic carbocycles. The lowest BCUT2D eigenvalue weighted by atomic mass is 9.99. The number of hydrogen-bond acceptors (Lipinski definition) is 6. The van der Waals surface area contributed by atoms with Gasteiger partial charge < -0.3 is 25.4 Å². The lowest BCUT2D eigenvalue weighted by molar-refractivity contribution is -0.139. The maximum atomic E-state index is 14.7. The third kappa shape index (κ3) is 9.89. The molecule has 2 aliphatic heterocycles. The van der Waals surface area contributed by atoms with E-state index in [1.807, 2.05) is 6.26 Å². The summed E-state index contributed by atoms with van der Waals surface area (Å²) in [4.78, 5) is 27.8. The van der Waals surface area contributed by atoms with Crippen molar-refractivity contribution in [1.82, 2.24) is 15.5 Å². The minimum atomic E-state index is -4.47. The van der Waals surface area contributed by atoms with Crippen molar-refractivity contribution in [2.24, 2.45) is 0 Å². The van der Waals surface area contributed by atoms with E-state index in [2.05, 4.69) is 10.6 Å². The van der Waals surface area contributed by atoms with Crippen LogP contribution in [-0.4, -0.2) is 72.2 Å². The number of halogens is 4. The lowest BCUT2D eigenvalue weighted by Gasteiger charge is -2.31. The van der Waals surface area contributed by atoms with E-state index in [-0.39, 0.29) is 44.2 Å². The second-order valence-corrected chi connectivity index (χ2v) is 11.1. The first-order valence-corrected chi connectivity index (χ1v) is 14.9. The molecule has 226 valence electrons. The number of nitrogens with one attached hydrogen (secondary N) is 2. The Kier molecular flexibility index (Phi) is 12.3. The van der Waals surface area contributed by atoms with E-state index in [1.54, 1.807) is 13.1 Å². The van der Waals surface area contributed by atoms with Crippen molar-refractivity contribution in [3.05, 3.63) is 65.0 Å². The van der Waals surface area contributed by atoms with Crippen LogP contribution in [0.3, 0.4) is 0 Å². The first-order valence-electron chi connectivity index (χ1n) is 13.5. The van der Waals surface area contributed by atoms with E-state index in [0.717, 1.165) is 12.1 Å². The summed E-state index contributed by atoms with van der Waals surface area (Å²) >= 11 is 1.54. The molecule has 3 N–H and O–H groups in total. The van der Waals surface area contributed by atoms with Crippen molar-refractivity contribution in [3.63, 3.8) is 0 Å². The Bertz CT molecular complexity index is 1170. The number of aliphatic hydroxyl groups excluding tert-OH is 1. The van der Waals surface area contributed by atoms with Crippen molar-refractivity contribution in [1.29, 1.82) is 0 Å². The largest absolute Gasteiger partial charge is 0.491 e. The lowest BCUT2D eigenvalue weighted by Crippen LogP contribution is -2.55. The number of nitrogens with zero attached hydrogens (tertiary/aromatic N) is 1. The molecule has 4 rings (SSSR count). The monoisotopic (exact) mass is 599 g/mol. The molecule has 0 saturated heterocycles. The van der Waals surface area contributed by atoms with E-state index in [0.29, 0.717) is 36.1 Å². The quantitative estimate of drug-likeness (QED) is 0.395. The number of hydrogen-bond donors (Lipinski definition) is 3. The van der Waals surface area contributed by atoms with Gasteiger partial charge in [-0.2, -0.15) is 24.9 Å². The summed E-state index contributed by atoms with van der Waals surface area (Å²) < 4.78 is 59.5. The van der Waals surface area contributed by atoms with Gasteiger partial charge in [-0.3, -0.25) is 9.59 Å². The zero-order valence-electron chi connectivity index (χ0n) is 23.2. The number of rotatable bonds is 8. The number of amides is 2. The highest BCUT2D eigenvalue weighted by molar-refractivity contribution is 7.98. The van der Waals surface area contributed by atoms with Crippen LogP contribution in [0, 0.1) is 5.82 Å². The number of likely N-dealkylation sites (N-methyl/N-ethyl adjacent to an activating group) is 1. The predicted molar refractivity (Wildman–Crippen MR) is 150 cm³/mol. The molecule has 7 nitrogen and oxygen atoms in total. The number of carbonyl (C=O) groups is 2.